The summed E-state index contributed by atoms with van der Waals surface area (Å²) in [6.45, 7) is 2.03. The third-order valence-corrected chi connectivity index (χ3v) is 5.41. The van der Waals surface area contributed by atoms with Crippen molar-refractivity contribution in [3.8, 4) is 0 Å². The van der Waals surface area contributed by atoms with Crippen molar-refractivity contribution in [1.82, 2.24) is 0 Å². The Morgan fingerprint density at radius 1 is 1.21 bits per heavy atom. The molecular weight excluding hydrogens is 356 g/mol. The van der Waals surface area contributed by atoms with E-state index in [0.29, 0.717) is 12.8 Å². The van der Waals surface area contributed by atoms with Gasteiger partial charge in [0.15, 0.2) is 0 Å². The molecule has 0 amide bonds. The predicted molar refractivity (Wildman–Crippen MR) is 109 cm³/mol. The molecule has 0 saturated heterocycles. The first-order valence-corrected chi connectivity index (χ1v) is 10.1. The van der Waals surface area contributed by atoms with Crippen LogP contribution >= 0.6 is 0 Å². The molecule has 0 radical (unpaired) electrons. The molecule has 5 atom stereocenters. The maximum absolute atomic E-state index is 11.7. The van der Waals surface area contributed by atoms with Crippen LogP contribution in [0, 0.1) is 11.8 Å². The molecule has 1 aromatic rings. The van der Waals surface area contributed by atoms with E-state index in [4.69, 9.17) is 0 Å². The third-order valence-electron chi connectivity index (χ3n) is 5.41. The number of aliphatic hydroxyl groups excluding tert-OH is 3. The van der Waals surface area contributed by atoms with Crippen LogP contribution in [0.2, 0.25) is 0 Å². The van der Waals surface area contributed by atoms with Gasteiger partial charge >= 0.3 is 5.97 Å². The summed E-state index contributed by atoms with van der Waals surface area (Å²) in [5.41, 5.74) is 1.29. The summed E-state index contributed by atoms with van der Waals surface area (Å²) >= 11 is 0. The molecule has 4 N–H and O–H groups in total. The van der Waals surface area contributed by atoms with Gasteiger partial charge in [-0.2, -0.15) is 0 Å². The van der Waals surface area contributed by atoms with Gasteiger partial charge in [0.05, 0.1) is 18.3 Å². The van der Waals surface area contributed by atoms with E-state index in [-0.39, 0.29) is 12.0 Å². The van der Waals surface area contributed by atoms with Crippen molar-refractivity contribution in [2.75, 3.05) is 0 Å². The van der Waals surface area contributed by atoms with Crippen LogP contribution in [-0.4, -0.2) is 44.7 Å². The summed E-state index contributed by atoms with van der Waals surface area (Å²) in [6.07, 6.45) is 6.40. The van der Waals surface area contributed by atoms with Crippen LogP contribution in [0.5, 0.6) is 0 Å². The summed E-state index contributed by atoms with van der Waals surface area (Å²) in [4.78, 5) is 11.7. The van der Waals surface area contributed by atoms with E-state index in [2.05, 4.69) is 0 Å². The number of unbranched alkanes of at least 4 members (excludes halogenated alkanes) is 2. The second-order valence-corrected chi connectivity index (χ2v) is 7.56. The number of hydrogen-bond donors (Lipinski definition) is 4. The molecule has 0 bridgehead atoms. The lowest BCUT2D eigenvalue weighted by molar-refractivity contribution is -0.133. The van der Waals surface area contributed by atoms with Gasteiger partial charge in [0.2, 0.25) is 0 Å². The van der Waals surface area contributed by atoms with E-state index in [9.17, 15) is 25.2 Å². The second kappa shape index (κ2) is 11.1. The third kappa shape index (κ3) is 6.30. The highest BCUT2D eigenvalue weighted by Crippen LogP contribution is 2.39. The highest BCUT2D eigenvalue weighted by molar-refractivity contribution is 5.87. The molecule has 28 heavy (non-hydrogen) atoms. The summed E-state index contributed by atoms with van der Waals surface area (Å²) < 4.78 is 0. The molecule has 0 heterocycles. The number of hydrogen-bond acceptors (Lipinski definition) is 4. The van der Waals surface area contributed by atoms with E-state index < -0.39 is 36.1 Å². The SMILES string of the molecule is CCCCC=C(C(=O)O)[C@H]1[C@@H](C=C[C@@H](O)CCc2ccccc2)[C@H](O)C[C@@H]1O. The van der Waals surface area contributed by atoms with E-state index >= 15 is 0 Å². The highest BCUT2D eigenvalue weighted by Gasteiger charge is 2.44. The molecule has 0 aromatic heterocycles. The molecular formula is C23H32O5. The van der Waals surface area contributed by atoms with Gasteiger partial charge in [-0.3, -0.25) is 0 Å². The number of aliphatic hydroxyl groups is 3. The molecule has 1 fully saturated rings. The molecule has 0 aliphatic heterocycles. The summed E-state index contributed by atoms with van der Waals surface area (Å²) in [5, 5.41) is 40.6. The highest BCUT2D eigenvalue weighted by atomic mass is 16.4. The topological polar surface area (TPSA) is 98.0 Å². The van der Waals surface area contributed by atoms with Gasteiger partial charge in [-0.15, -0.1) is 0 Å². The fraction of sp³-hybridized carbons (Fsp3) is 0.522. The van der Waals surface area contributed by atoms with Crippen molar-refractivity contribution >= 4 is 5.97 Å². The normalized spacial score (nSPS) is 26.6. The second-order valence-electron chi connectivity index (χ2n) is 7.56. The maximum atomic E-state index is 11.7. The Hall–Kier alpha value is -1.95. The van der Waals surface area contributed by atoms with Gasteiger partial charge in [-0.25, -0.2) is 4.79 Å². The Morgan fingerprint density at radius 3 is 2.57 bits per heavy atom. The molecule has 0 spiro atoms. The van der Waals surface area contributed by atoms with Crippen molar-refractivity contribution in [3.63, 3.8) is 0 Å². The van der Waals surface area contributed by atoms with Crippen molar-refractivity contribution in [2.45, 2.75) is 63.8 Å². The number of rotatable bonds is 10. The van der Waals surface area contributed by atoms with E-state index in [0.717, 1.165) is 24.8 Å². The molecule has 1 aromatic carbocycles. The lowest BCUT2D eigenvalue weighted by atomic mass is 9.85. The number of carbonyl (C=O) groups is 1. The minimum atomic E-state index is -1.06. The molecule has 154 valence electrons. The smallest absolute Gasteiger partial charge is 0.331 e. The van der Waals surface area contributed by atoms with Gasteiger partial charge in [-0.05, 0) is 24.8 Å². The molecule has 2 rings (SSSR count). The van der Waals surface area contributed by atoms with Crippen LogP contribution in [0.25, 0.3) is 0 Å². The van der Waals surface area contributed by atoms with Crippen molar-refractivity contribution in [1.29, 1.82) is 0 Å². The Bertz CT molecular complexity index is 667. The number of benzene rings is 1. The van der Waals surface area contributed by atoms with Crippen LogP contribution < -0.4 is 0 Å². The largest absolute Gasteiger partial charge is 0.478 e. The monoisotopic (exact) mass is 388 g/mol. The first kappa shape index (κ1) is 22.3. The van der Waals surface area contributed by atoms with Crippen LogP contribution in [0.15, 0.2) is 54.1 Å². The molecule has 1 saturated carbocycles. The number of allylic oxidation sites excluding steroid dienone is 1. The standard InChI is InChI=1S/C23H32O5/c1-2-3-5-10-19(23(27)28)22-18(20(25)15-21(22)26)14-13-17(24)12-11-16-8-6-4-7-9-16/h4,6-10,13-14,17-18,20-22,24-26H,2-3,5,11-12,15H2,1H3,(H,27,28)/t17-,18-,20+,21-,22+/m0/s1. The number of carboxylic acid groups (broad SMARTS) is 1. The zero-order valence-corrected chi connectivity index (χ0v) is 16.4. The first-order valence-electron chi connectivity index (χ1n) is 10.1. The van der Waals surface area contributed by atoms with Crippen LogP contribution in [0.3, 0.4) is 0 Å². The first-order chi connectivity index (χ1) is 13.4. The lowest BCUT2D eigenvalue weighted by Crippen LogP contribution is -2.27. The van der Waals surface area contributed by atoms with Crippen molar-refractivity contribution < 1.29 is 25.2 Å². The molecule has 1 aliphatic rings. The van der Waals surface area contributed by atoms with Crippen LogP contribution in [0.4, 0.5) is 0 Å². The van der Waals surface area contributed by atoms with E-state index in [1.54, 1.807) is 18.2 Å². The minimum Gasteiger partial charge on any atom is -0.478 e. The van der Waals surface area contributed by atoms with Crippen molar-refractivity contribution in [2.24, 2.45) is 11.8 Å². The van der Waals surface area contributed by atoms with E-state index in [1.807, 2.05) is 37.3 Å². The summed E-state index contributed by atoms with van der Waals surface area (Å²) in [5.74, 6) is -2.25. The average molecular weight is 389 g/mol. The Morgan fingerprint density at radius 2 is 1.93 bits per heavy atom. The van der Waals surface area contributed by atoms with Gasteiger partial charge in [0.25, 0.3) is 0 Å². The summed E-state index contributed by atoms with van der Waals surface area (Å²) in [7, 11) is 0. The fourth-order valence-electron chi connectivity index (χ4n) is 3.85. The molecule has 5 nitrogen and oxygen atoms in total. The summed E-state index contributed by atoms with van der Waals surface area (Å²) in [6, 6.07) is 9.86. The average Bonchev–Trinajstić information content (AvgIpc) is 2.95. The predicted octanol–water partition coefficient (Wildman–Crippen LogP) is 3.10. The Kier molecular flexibility index (Phi) is 8.90. The zero-order chi connectivity index (χ0) is 20.5. The fourth-order valence-corrected chi connectivity index (χ4v) is 3.85. The Labute approximate surface area is 167 Å². The van der Waals surface area contributed by atoms with Crippen molar-refractivity contribution in [3.05, 3.63) is 59.7 Å². The molecule has 1 aliphatic carbocycles. The van der Waals surface area contributed by atoms with Gasteiger partial charge in [0, 0.05) is 23.8 Å². The van der Waals surface area contributed by atoms with E-state index in [1.165, 1.54) is 0 Å². The van der Waals surface area contributed by atoms with Gasteiger partial charge < -0.3 is 20.4 Å². The minimum absolute atomic E-state index is 0.137. The number of carboxylic acids is 1. The Balaban J connectivity index is 2.06. The van der Waals surface area contributed by atoms with Gasteiger partial charge in [0.1, 0.15) is 0 Å². The van der Waals surface area contributed by atoms with Gasteiger partial charge in [-0.1, -0.05) is 68.3 Å². The zero-order valence-electron chi connectivity index (χ0n) is 16.4. The number of aryl methyl sites for hydroxylation is 1. The molecule has 5 heteroatoms. The maximum Gasteiger partial charge on any atom is 0.331 e. The molecule has 0 unspecified atom stereocenters. The lowest BCUT2D eigenvalue weighted by Gasteiger charge is -2.22. The van der Waals surface area contributed by atoms with Crippen LogP contribution in [0.1, 0.15) is 44.6 Å². The number of aliphatic carboxylic acids is 1. The van der Waals surface area contributed by atoms with Crippen LogP contribution in [-0.2, 0) is 11.2 Å². The quantitative estimate of drug-likeness (QED) is 0.280.